The number of nitrogens with one attached hydrogen (secondary N) is 1. The molecule has 2 aliphatic heterocycles. The molecule has 9 rings (SSSR count). The molecule has 6 heterocycles. The van der Waals surface area contributed by atoms with Gasteiger partial charge in [0.1, 0.15) is 17.3 Å². The average Bonchev–Trinajstić information content (AvgIpc) is 3.87. The number of aromatic amines is 1. The van der Waals surface area contributed by atoms with Gasteiger partial charge < -0.3 is 14.6 Å². The topological polar surface area (TPSA) is 116 Å². The van der Waals surface area contributed by atoms with Crippen molar-refractivity contribution in [1.82, 2.24) is 39.0 Å². The summed E-state index contributed by atoms with van der Waals surface area (Å²) in [4.78, 5) is 33.5. The molecule has 3 aromatic carbocycles. The van der Waals surface area contributed by atoms with E-state index in [2.05, 4.69) is 41.2 Å². The lowest BCUT2D eigenvalue weighted by Gasteiger charge is -2.35. The molecule has 0 radical (unpaired) electrons. The van der Waals surface area contributed by atoms with Crippen molar-refractivity contribution < 1.29 is 18.3 Å². The second-order valence-electron chi connectivity index (χ2n) is 15.1. The number of halogens is 2. The highest BCUT2D eigenvalue weighted by atomic mass is 19.1. The molecule has 54 heavy (non-hydrogen) atoms. The first-order valence-corrected chi connectivity index (χ1v) is 18.1. The van der Waals surface area contributed by atoms with Gasteiger partial charge in [0.05, 0.1) is 41.6 Å². The molecule has 2 aliphatic rings. The van der Waals surface area contributed by atoms with Gasteiger partial charge in [-0.1, -0.05) is 12.1 Å². The van der Waals surface area contributed by atoms with Crippen LogP contribution < -0.4 is 5.69 Å². The van der Waals surface area contributed by atoms with Crippen LogP contribution in [0.3, 0.4) is 0 Å². The molecular weight excluding hydrogens is 690 g/mol. The number of aromatic nitrogens is 7. The Bertz CT molecular complexity index is 2680. The molecule has 13 heteroatoms. The van der Waals surface area contributed by atoms with E-state index in [0.717, 1.165) is 30.4 Å². The first-order chi connectivity index (χ1) is 26.0. The van der Waals surface area contributed by atoms with E-state index >= 15 is 4.39 Å². The van der Waals surface area contributed by atoms with Crippen molar-refractivity contribution in [2.45, 2.75) is 65.0 Å². The summed E-state index contributed by atoms with van der Waals surface area (Å²) in [5.74, 6) is -0.340. The molecule has 1 fully saturated rings. The molecule has 0 unspecified atom stereocenters. The SMILES string of the molecule is Cc1cc(-n2nc3c(c2-n2ccn(-c4ccc5cnncc5c4F)c2=O)CN(C(=O)c2cc4cc([C@H]5CCOC(C)(C)C5)ccc4[nH]2)CC3)cc(C)c1F. The summed E-state index contributed by atoms with van der Waals surface area (Å²) in [5, 5.41) is 14.3. The van der Waals surface area contributed by atoms with Crippen molar-refractivity contribution in [3.8, 4) is 17.2 Å². The molecule has 0 aliphatic carbocycles. The molecule has 274 valence electrons. The number of rotatable bonds is 5. The Hall–Kier alpha value is -5.95. The molecule has 0 saturated carbocycles. The van der Waals surface area contributed by atoms with Crippen molar-refractivity contribution >= 4 is 27.6 Å². The van der Waals surface area contributed by atoms with Crippen LogP contribution in [0.4, 0.5) is 8.78 Å². The van der Waals surface area contributed by atoms with E-state index in [4.69, 9.17) is 9.84 Å². The van der Waals surface area contributed by atoms with Gasteiger partial charge in [-0.05, 0) is 99.5 Å². The minimum absolute atomic E-state index is 0.0481. The first-order valence-electron chi connectivity index (χ1n) is 18.1. The quantitative estimate of drug-likeness (QED) is 0.204. The minimum Gasteiger partial charge on any atom is -0.376 e. The largest absolute Gasteiger partial charge is 0.376 e. The van der Waals surface area contributed by atoms with E-state index in [9.17, 15) is 14.0 Å². The number of carbonyl (C=O) groups is 1. The van der Waals surface area contributed by atoms with Crippen LogP contribution in [-0.2, 0) is 17.7 Å². The van der Waals surface area contributed by atoms with Gasteiger partial charge in [0, 0.05) is 59.2 Å². The third kappa shape index (κ3) is 5.61. The Labute approximate surface area is 308 Å². The Kier molecular flexibility index (Phi) is 7.89. The number of carbonyl (C=O) groups excluding carboxylic acids is 1. The third-order valence-corrected chi connectivity index (χ3v) is 10.9. The number of amides is 1. The van der Waals surface area contributed by atoms with Gasteiger partial charge in [0.25, 0.3) is 5.91 Å². The van der Waals surface area contributed by atoms with E-state index < -0.39 is 11.5 Å². The van der Waals surface area contributed by atoms with Crippen LogP contribution in [-0.4, -0.2) is 63.7 Å². The second-order valence-corrected chi connectivity index (χ2v) is 15.1. The first kappa shape index (κ1) is 33.9. The minimum atomic E-state index is -0.610. The van der Waals surface area contributed by atoms with Crippen molar-refractivity contribution in [2.75, 3.05) is 13.2 Å². The number of H-pyrrole nitrogens is 1. The number of fused-ring (bicyclic) bond motifs is 3. The van der Waals surface area contributed by atoms with E-state index in [0.29, 0.717) is 63.9 Å². The maximum absolute atomic E-state index is 15.8. The molecule has 0 bridgehead atoms. The predicted molar refractivity (Wildman–Crippen MR) is 200 cm³/mol. The van der Waals surface area contributed by atoms with Crippen LogP contribution in [0.25, 0.3) is 38.9 Å². The predicted octanol–water partition coefficient (Wildman–Crippen LogP) is 7.00. The molecule has 1 N–H and O–H groups in total. The molecule has 11 nitrogen and oxygen atoms in total. The zero-order valence-corrected chi connectivity index (χ0v) is 30.4. The van der Waals surface area contributed by atoms with Gasteiger partial charge in [-0.2, -0.15) is 15.3 Å². The number of ether oxygens (including phenoxy) is 1. The number of nitrogens with zero attached hydrogens (tertiary/aromatic N) is 7. The van der Waals surface area contributed by atoms with Crippen LogP contribution in [0.15, 0.2) is 78.1 Å². The third-order valence-electron chi connectivity index (χ3n) is 10.9. The smallest absolute Gasteiger partial charge is 0.338 e. The summed E-state index contributed by atoms with van der Waals surface area (Å²) in [7, 11) is 0. The van der Waals surface area contributed by atoms with E-state index in [1.165, 1.54) is 39.4 Å². The lowest BCUT2D eigenvalue weighted by atomic mass is 9.83. The maximum atomic E-state index is 15.8. The Morgan fingerprint density at radius 3 is 2.52 bits per heavy atom. The van der Waals surface area contributed by atoms with Crippen molar-refractivity contribution in [1.29, 1.82) is 0 Å². The Morgan fingerprint density at radius 2 is 1.72 bits per heavy atom. The number of benzene rings is 3. The Balaban J connectivity index is 1.10. The molecular formula is C41H38F2N8O3. The van der Waals surface area contributed by atoms with E-state index in [1.807, 2.05) is 12.1 Å². The zero-order chi connectivity index (χ0) is 37.5. The molecule has 4 aromatic heterocycles. The summed E-state index contributed by atoms with van der Waals surface area (Å²) in [5.41, 5.74) is 4.70. The highest BCUT2D eigenvalue weighted by molar-refractivity contribution is 5.98. The maximum Gasteiger partial charge on any atom is 0.338 e. The number of hydrogen-bond acceptors (Lipinski definition) is 6. The van der Waals surface area contributed by atoms with Gasteiger partial charge in [-0.3, -0.25) is 13.9 Å². The lowest BCUT2D eigenvalue weighted by Crippen LogP contribution is -2.36. The monoisotopic (exact) mass is 728 g/mol. The van der Waals surface area contributed by atoms with Crippen LogP contribution in [0.5, 0.6) is 0 Å². The van der Waals surface area contributed by atoms with Gasteiger partial charge in [0.15, 0.2) is 5.82 Å². The second kappa shape index (κ2) is 12.6. The molecule has 7 aromatic rings. The molecule has 1 amide bonds. The zero-order valence-electron chi connectivity index (χ0n) is 30.4. The molecule has 1 atom stereocenters. The standard InChI is InChI=1S/C41H38F2N8O3/c1-23-15-29(16-24(2)36(23)42)51-38(50-13-12-49(40(50)53)35-8-6-27-20-44-45-21-30(27)37(35)43)31-22-48(11-9-33(31)47-51)39(52)34-18-28-17-25(5-7-32(28)46-34)26-10-14-54-41(3,4)19-26/h5-8,12-13,15-18,20-21,26,46H,9-11,14,19,22H2,1-4H3/t26-/m0/s1. The lowest BCUT2D eigenvalue weighted by molar-refractivity contribution is -0.0592. The summed E-state index contributed by atoms with van der Waals surface area (Å²) in [6.45, 7) is 8.90. The van der Waals surface area contributed by atoms with E-state index in [1.54, 1.807) is 47.8 Å². The van der Waals surface area contributed by atoms with Gasteiger partial charge in [0.2, 0.25) is 0 Å². The molecule has 0 spiro atoms. The van der Waals surface area contributed by atoms with Gasteiger partial charge >= 0.3 is 5.69 Å². The number of imidazole rings is 1. The number of hydrogen-bond donors (Lipinski definition) is 1. The fourth-order valence-corrected chi connectivity index (χ4v) is 8.15. The summed E-state index contributed by atoms with van der Waals surface area (Å²) in [6.07, 6.45) is 8.15. The van der Waals surface area contributed by atoms with Gasteiger partial charge in [-0.25, -0.2) is 18.3 Å². The number of aryl methyl sites for hydroxylation is 2. The van der Waals surface area contributed by atoms with Crippen LogP contribution in [0.1, 0.15) is 71.0 Å². The van der Waals surface area contributed by atoms with Crippen molar-refractivity contribution in [3.05, 3.63) is 129 Å². The van der Waals surface area contributed by atoms with Crippen LogP contribution in [0, 0.1) is 25.5 Å². The highest BCUT2D eigenvalue weighted by Crippen LogP contribution is 2.37. The van der Waals surface area contributed by atoms with E-state index in [-0.39, 0.29) is 34.9 Å². The van der Waals surface area contributed by atoms with Crippen LogP contribution in [0.2, 0.25) is 0 Å². The van der Waals surface area contributed by atoms with Crippen molar-refractivity contribution in [2.24, 2.45) is 0 Å². The fraction of sp³-hybridized carbons (Fsp3) is 0.293. The molecule has 1 saturated heterocycles. The summed E-state index contributed by atoms with van der Waals surface area (Å²) >= 11 is 0. The Morgan fingerprint density at radius 1 is 0.944 bits per heavy atom. The highest BCUT2D eigenvalue weighted by Gasteiger charge is 2.32. The summed E-state index contributed by atoms with van der Waals surface area (Å²) in [6, 6.07) is 14.8. The van der Waals surface area contributed by atoms with Gasteiger partial charge in [-0.15, -0.1) is 0 Å². The average molecular weight is 729 g/mol. The summed E-state index contributed by atoms with van der Waals surface area (Å²) < 4.78 is 40.8. The van der Waals surface area contributed by atoms with Crippen LogP contribution >= 0.6 is 0 Å². The fourth-order valence-electron chi connectivity index (χ4n) is 8.15. The van der Waals surface area contributed by atoms with Crippen molar-refractivity contribution in [3.63, 3.8) is 0 Å². The normalized spacial score (nSPS) is 17.0.